The molecule has 0 aliphatic carbocycles. The van der Waals surface area contributed by atoms with Crippen LogP contribution in [0.4, 0.5) is 18.0 Å². The van der Waals surface area contributed by atoms with E-state index in [9.17, 15) is 18.0 Å². The maximum atomic E-state index is 12.7. The number of methoxy groups -OCH3 is 1. The van der Waals surface area contributed by atoms with E-state index in [1.807, 2.05) is 5.43 Å². The number of pyridine rings is 1. The summed E-state index contributed by atoms with van der Waals surface area (Å²) < 4.78 is 48.7. The monoisotopic (exact) mass is 388 g/mol. The van der Waals surface area contributed by atoms with Gasteiger partial charge >= 0.3 is 12.2 Å². The molecule has 1 aromatic heterocycles. The normalized spacial score (nSPS) is 11.4. The maximum absolute atomic E-state index is 12.7. The Labute approximate surface area is 150 Å². The number of rotatable bonds is 5. The van der Waals surface area contributed by atoms with Gasteiger partial charge in [0.25, 0.3) is 0 Å². The van der Waals surface area contributed by atoms with Crippen molar-refractivity contribution in [1.29, 1.82) is 0 Å². The smallest absolute Gasteiger partial charge is 0.417 e. The van der Waals surface area contributed by atoms with E-state index in [0.717, 1.165) is 0 Å². The van der Waals surface area contributed by atoms with E-state index in [2.05, 4.69) is 10.1 Å². The van der Waals surface area contributed by atoms with Gasteiger partial charge in [-0.2, -0.15) is 18.3 Å². The Morgan fingerprint density at radius 3 is 2.73 bits per heavy atom. The molecule has 2 aromatic rings. The molecule has 0 saturated heterocycles. The Balaban J connectivity index is 2.39. The number of primary amides is 1. The molecular weight excluding hydrogens is 377 g/mol. The minimum atomic E-state index is -4.59. The van der Waals surface area contributed by atoms with E-state index in [-0.39, 0.29) is 22.4 Å². The molecule has 26 heavy (non-hydrogen) atoms. The zero-order valence-corrected chi connectivity index (χ0v) is 13.9. The lowest BCUT2D eigenvalue weighted by Gasteiger charge is -2.14. The molecule has 0 saturated carbocycles. The summed E-state index contributed by atoms with van der Waals surface area (Å²) in [5, 5.41) is 3.26. The number of para-hydroxylation sites is 1. The van der Waals surface area contributed by atoms with Gasteiger partial charge in [-0.15, -0.1) is 0 Å². The zero-order chi connectivity index (χ0) is 19.3. The van der Waals surface area contributed by atoms with Crippen LogP contribution in [-0.4, -0.2) is 24.3 Å². The van der Waals surface area contributed by atoms with Crippen LogP contribution in [0.1, 0.15) is 11.1 Å². The molecule has 1 heterocycles. The van der Waals surface area contributed by atoms with Crippen LogP contribution in [0.15, 0.2) is 35.6 Å². The number of amides is 2. The number of hydrogen-bond donors (Lipinski definition) is 2. The quantitative estimate of drug-likeness (QED) is 0.604. The lowest BCUT2D eigenvalue weighted by Crippen LogP contribution is -2.24. The number of nitrogens with one attached hydrogen (secondary N) is 1. The van der Waals surface area contributed by atoms with Crippen LogP contribution in [0.2, 0.25) is 5.02 Å². The molecule has 0 bridgehead atoms. The van der Waals surface area contributed by atoms with Gasteiger partial charge < -0.3 is 15.2 Å². The predicted octanol–water partition coefficient (Wildman–Crippen LogP) is 3.56. The highest BCUT2D eigenvalue weighted by molar-refractivity contribution is 6.31. The van der Waals surface area contributed by atoms with Gasteiger partial charge in [-0.1, -0.05) is 17.7 Å². The largest absolute Gasteiger partial charge is 0.493 e. The molecule has 2 rings (SSSR count). The summed E-state index contributed by atoms with van der Waals surface area (Å²) in [7, 11) is 1.37. The fourth-order valence-electron chi connectivity index (χ4n) is 1.82. The number of ether oxygens (including phenoxy) is 2. The molecule has 0 fully saturated rings. The van der Waals surface area contributed by atoms with Crippen molar-refractivity contribution in [3.05, 3.63) is 46.6 Å². The molecule has 11 heteroatoms. The average molecular weight is 389 g/mol. The summed E-state index contributed by atoms with van der Waals surface area (Å²) in [4.78, 5) is 14.3. The van der Waals surface area contributed by atoms with Crippen molar-refractivity contribution < 1.29 is 27.4 Å². The standard InChI is InChI=1S/C15H12ClF3N4O3/c1-25-11-4-2-3-8(6-22-23-14(20)24)12(11)26-13-10(16)5-9(7-21-13)15(17,18)19/h2-7H,1H3,(H3,20,23,24). The van der Waals surface area contributed by atoms with Crippen LogP contribution in [0, 0.1) is 0 Å². The van der Waals surface area contributed by atoms with E-state index >= 15 is 0 Å². The second-order valence-corrected chi connectivity index (χ2v) is 5.13. The van der Waals surface area contributed by atoms with Crippen LogP contribution in [-0.2, 0) is 6.18 Å². The number of nitrogens with zero attached hydrogens (tertiary/aromatic N) is 2. The first-order valence-corrected chi connectivity index (χ1v) is 7.26. The number of urea groups is 1. The van der Waals surface area contributed by atoms with Gasteiger partial charge in [-0.3, -0.25) is 0 Å². The minimum Gasteiger partial charge on any atom is -0.493 e. The molecule has 1 aromatic carbocycles. The van der Waals surface area contributed by atoms with Crippen molar-refractivity contribution in [2.45, 2.75) is 6.18 Å². The number of alkyl halides is 3. The lowest BCUT2D eigenvalue weighted by molar-refractivity contribution is -0.137. The molecule has 0 aliphatic heterocycles. The molecule has 0 unspecified atom stereocenters. The zero-order valence-electron chi connectivity index (χ0n) is 13.2. The summed E-state index contributed by atoms with van der Waals surface area (Å²) >= 11 is 5.84. The van der Waals surface area contributed by atoms with E-state index < -0.39 is 17.8 Å². The highest BCUT2D eigenvalue weighted by atomic mass is 35.5. The number of halogens is 4. The highest BCUT2D eigenvalue weighted by Crippen LogP contribution is 2.38. The topological polar surface area (TPSA) is 98.8 Å². The third-order valence-corrected chi connectivity index (χ3v) is 3.21. The lowest BCUT2D eigenvalue weighted by atomic mass is 10.2. The van der Waals surface area contributed by atoms with E-state index in [1.165, 1.54) is 13.3 Å². The van der Waals surface area contributed by atoms with Gasteiger partial charge in [0.1, 0.15) is 5.02 Å². The molecular formula is C15H12ClF3N4O3. The third kappa shape index (κ3) is 4.76. The Bertz CT molecular complexity index is 843. The molecule has 0 spiro atoms. The summed E-state index contributed by atoms with van der Waals surface area (Å²) in [6, 6.07) is 4.54. The number of benzene rings is 1. The molecule has 0 radical (unpaired) electrons. The van der Waals surface area contributed by atoms with Crippen LogP contribution in [0.25, 0.3) is 0 Å². The van der Waals surface area contributed by atoms with Gasteiger partial charge in [0.05, 0.1) is 18.9 Å². The van der Waals surface area contributed by atoms with Gasteiger partial charge in [0.15, 0.2) is 11.5 Å². The Morgan fingerprint density at radius 1 is 1.42 bits per heavy atom. The van der Waals surface area contributed by atoms with Crippen molar-refractivity contribution in [1.82, 2.24) is 10.4 Å². The van der Waals surface area contributed by atoms with Crippen molar-refractivity contribution in [3.8, 4) is 17.4 Å². The van der Waals surface area contributed by atoms with Gasteiger partial charge in [-0.05, 0) is 18.2 Å². The molecule has 138 valence electrons. The summed E-state index contributed by atoms with van der Waals surface area (Å²) in [6.07, 6.45) is -2.78. The summed E-state index contributed by atoms with van der Waals surface area (Å²) in [5.74, 6) is 0.0617. The number of carbonyl (C=O) groups is 1. The predicted molar refractivity (Wildman–Crippen MR) is 87.6 cm³/mol. The number of carbonyl (C=O) groups excluding carboxylic acids is 1. The van der Waals surface area contributed by atoms with Crippen molar-refractivity contribution in [2.75, 3.05) is 7.11 Å². The van der Waals surface area contributed by atoms with Gasteiger partial charge in [-0.25, -0.2) is 15.2 Å². The molecule has 0 atom stereocenters. The number of aromatic nitrogens is 1. The Kier molecular flexibility index (Phi) is 5.88. The van der Waals surface area contributed by atoms with Crippen LogP contribution in [0.3, 0.4) is 0 Å². The number of hydrazone groups is 1. The third-order valence-electron chi connectivity index (χ3n) is 2.94. The molecule has 7 nitrogen and oxygen atoms in total. The summed E-state index contributed by atoms with van der Waals surface area (Å²) in [5.41, 5.74) is 6.23. The highest BCUT2D eigenvalue weighted by Gasteiger charge is 2.32. The second kappa shape index (κ2) is 7.91. The van der Waals surface area contributed by atoms with Crippen molar-refractivity contribution >= 4 is 23.8 Å². The molecule has 0 aliphatic rings. The minimum absolute atomic E-state index is 0.0826. The van der Waals surface area contributed by atoms with Crippen LogP contribution < -0.4 is 20.6 Å². The van der Waals surface area contributed by atoms with E-state index in [1.54, 1.807) is 18.2 Å². The fourth-order valence-corrected chi connectivity index (χ4v) is 2.03. The average Bonchev–Trinajstić information content (AvgIpc) is 2.56. The van der Waals surface area contributed by atoms with Crippen LogP contribution in [0.5, 0.6) is 17.4 Å². The summed E-state index contributed by atoms with van der Waals surface area (Å²) in [6.45, 7) is 0. The van der Waals surface area contributed by atoms with Gasteiger partial charge in [0.2, 0.25) is 5.88 Å². The van der Waals surface area contributed by atoms with E-state index in [4.69, 9.17) is 26.8 Å². The second-order valence-electron chi connectivity index (χ2n) is 4.72. The fraction of sp³-hybridized carbons (Fsp3) is 0.133. The van der Waals surface area contributed by atoms with E-state index in [0.29, 0.717) is 17.8 Å². The Morgan fingerprint density at radius 2 is 2.15 bits per heavy atom. The molecule has 3 N–H and O–H groups in total. The first kappa shape index (κ1) is 19.3. The number of nitrogens with two attached hydrogens (primary N) is 1. The number of hydrogen-bond acceptors (Lipinski definition) is 5. The first-order valence-electron chi connectivity index (χ1n) is 6.88. The Hall–Kier alpha value is -3.01. The van der Waals surface area contributed by atoms with Gasteiger partial charge in [0, 0.05) is 11.8 Å². The van der Waals surface area contributed by atoms with Crippen LogP contribution >= 0.6 is 11.6 Å². The van der Waals surface area contributed by atoms with Crippen molar-refractivity contribution in [2.24, 2.45) is 10.8 Å². The maximum Gasteiger partial charge on any atom is 0.417 e. The van der Waals surface area contributed by atoms with Crippen molar-refractivity contribution in [3.63, 3.8) is 0 Å². The SMILES string of the molecule is COc1cccc(C=NNC(N)=O)c1Oc1ncc(C(F)(F)F)cc1Cl. The molecule has 2 amide bonds. The first-order chi connectivity index (χ1) is 12.2.